The van der Waals surface area contributed by atoms with E-state index in [1.54, 1.807) is 36.4 Å². The van der Waals surface area contributed by atoms with E-state index in [9.17, 15) is 14.7 Å². The van der Waals surface area contributed by atoms with Gasteiger partial charge in [0.2, 0.25) is 0 Å². The van der Waals surface area contributed by atoms with E-state index in [0.717, 1.165) is 25.7 Å². The summed E-state index contributed by atoms with van der Waals surface area (Å²) in [6.45, 7) is 0.322. The number of carboxylic acids is 1. The van der Waals surface area contributed by atoms with Crippen molar-refractivity contribution in [3.05, 3.63) is 88.4 Å². The van der Waals surface area contributed by atoms with Gasteiger partial charge in [-0.05, 0) is 73.9 Å². The molecule has 1 aliphatic heterocycles. The summed E-state index contributed by atoms with van der Waals surface area (Å²) in [4.78, 5) is 24.3. The molecular weight excluding hydrogens is 478 g/mol. The van der Waals surface area contributed by atoms with Gasteiger partial charge in [-0.25, -0.2) is 0 Å². The Morgan fingerprint density at radius 1 is 0.944 bits per heavy atom. The number of ether oxygens (including phenoxy) is 2. The first-order valence-corrected chi connectivity index (χ1v) is 12.7. The number of rotatable bonds is 6. The van der Waals surface area contributed by atoms with Crippen LogP contribution in [0.4, 0.5) is 0 Å². The number of hydrogen-bond acceptors (Lipinski definition) is 4. The molecule has 0 radical (unpaired) electrons. The fourth-order valence-corrected chi connectivity index (χ4v) is 5.30. The SMILES string of the molecule is O=C(NC1CCC(c2ccccc2)CC1)c1ccc(Oc2cc3c(cc2Cl)C(C(=O)O)CCO3)cc1. The quantitative estimate of drug-likeness (QED) is 0.397. The number of carboxylic acid groups (broad SMARTS) is 1. The fraction of sp³-hybridized carbons (Fsp3) is 0.310. The van der Waals surface area contributed by atoms with Crippen molar-refractivity contribution in [2.24, 2.45) is 0 Å². The number of fused-ring (bicyclic) bond motifs is 1. The van der Waals surface area contributed by atoms with Gasteiger partial charge in [0.1, 0.15) is 17.2 Å². The molecule has 0 bridgehead atoms. The van der Waals surface area contributed by atoms with Crippen LogP contribution in [0.3, 0.4) is 0 Å². The van der Waals surface area contributed by atoms with Crippen LogP contribution in [0.15, 0.2) is 66.7 Å². The third-order valence-electron chi connectivity index (χ3n) is 7.08. The predicted molar refractivity (Wildman–Crippen MR) is 137 cm³/mol. The van der Waals surface area contributed by atoms with Crippen LogP contribution in [0, 0.1) is 0 Å². The van der Waals surface area contributed by atoms with Crippen LogP contribution in [0.1, 0.15) is 65.4 Å². The topological polar surface area (TPSA) is 84.9 Å². The summed E-state index contributed by atoms with van der Waals surface area (Å²) >= 11 is 6.38. The molecule has 186 valence electrons. The molecule has 7 heteroatoms. The van der Waals surface area contributed by atoms with Crippen molar-refractivity contribution < 1.29 is 24.2 Å². The van der Waals surface area contributed by atoms with Crippen LogP contribution in [0.2, 0.25) is 5.02 Å². The molecule has 36 heavy (non-hydrogen) atoms. The van der Waals surface area contributed by atoms with Crippen LogP contribution in [0.25, 0.3) is 0 Å². The monoisotopic (exact) mass is 505 g/mol. The number of carbonyl (C=O) groups is 2. The molecule has 1 saturated carbocycles. The van der Waals surface area contributed by atoms with E-state index in [0.29, 0.717) is 52.3 Å². The average molecular weight is 506 g/mol. The molecule has 0 saturated heterocycles. The summed E-state index contributed by atoms with van der Waals surface area (Å²) in [7, 11) is 0. The first kappa shape index (κ1) is 24.2. The Hall–Kier alpha value is -3.51. The van der Waals surface area contributed by atoms with Gasteiger partial charge in [0.05, 0.1) is 17.5 Å². The Morgan fingerprint density at radius 2 is 1.67 bits per heavy atom. The molecule has 1 heterocycles. The van der Waals surface area contributed by atoms with E-state index in [1.165, 1.54) is 5.56 Å². The first-order chi connectivity index (χ1) is 17.5. The summed E-state index contributed by atoms with van der Waals surface area (Å²) < 4.78 is 11.6. The molecule has 1 aliphatic carbocycles. The third kappa shape index (κ3) is 5.34. The van der Waals surface area contributed by atoms with Crippen molar-refractivity contribution in [3.8, 4) is 17.2 Å². The molecule has 3 aromatic rings. The molecule has 1 unspecified atom stereocenters. The Labute approximate surface area is 215 Å². The Morgan fingerprint density at radius 3 is 2.36 bits per heavy atom. The van der Waals surface area contributed by atoms with Crippen molar-refractivity contribution in [2.75, 3.05) is 6.61 Å². The number of aliphatic carboxylic acids is 1. The largest absolute Gasteiger partial charge is 0.493 e. The molecule has 1 amide bonds. The van der Waals surface area contributed by atoms with Gasteiger partial charge in [0.15, 0.2) is 0 Å². The maximum Gasteiger partial charge on any atom is 0.311 e. The molecule has 2 aliphatic rings. The van der Waals surface area contributed by atoms with Gasteiger partial charge in [-0.2, -0.15) is 0 Å². The summed E-state index contributed by atoms with van der Waals surface area (Å²) in [6, 6.07) is 20.9. The Bertz CT molecular complexity index is 1240. The van der Waals surface area contributed by atoms with Crippen molar-refractivity contribution in [1.29, 1.82) is 0 Å². The zero-order valence-electron chi connectivity index (χ0n) is 19.8. The number of benzene rings is 3. The summed E-state index contributed by atoms with van der Waals surface area (Å²) in [5.74, 6) is 0.271. The van der Waals surface area contributed by atoms with Crippen LogP contribution >= 0.6 is 11.6 Å². The molecule has 6 nitrogen and oxygen atoms in total. The summed E-state index contributed by atoms with van der Waals surface area (Å²) in [5, 5.41) is 12.9. The van der Waals surface area contributed by atoms with E-state index >= 15 is 0 Å². The second-order valence-corrected chi connectivity index (χ2v) is 9.81. The average Bonchev–Trinajstić information content (AvgIpc) is 2.90. The molecule has 0 aromatic heterocycles. The smallest absolute Gasteiger partial charge is 0.311 e. The summed E-state index contributed by atoms with van der Waals surface area (Å²) in [6.07, 6.45) is 4.47. The molecule has 1 atom stereocenters. The van der Waals surface area contributed by atoms with E-state index in [-0.39, 0.29) is 11.9 Å². The van der Waals surface area contributed by atoms with Crippen LogP contribution in [-0.2, 0) is 4.79 Å². The molecular formula is C29H28ClNO5. The lowest BCUT2D eigenvalue weighted by atomic mass is 9.82. The van der Waals surface area contributed by atoms with Crippen LogP contribution < -0.4 is 14.8 Å². The van der Waals surface area contributed by atoms with E-state index < -0.39 is 11.9 Å². The molecule has 0 spiro atoms. The lowest BCUT2D eigenvalue weighted by Crippen LogP contribution is -2.37. The van der Waals surface area contributed by atoms with Crippen LogP contribution in [-0.4, -0.2) is 29.6 Å². The minimum Gasteiger partial charge on any atom is -0.493 e. The van der Waals surface area contributed by atoms with Gasteiger partial charge < -0.3 is 19.9 Å². The maximum absolute atomic E-state index is 12.8. The van der Waals surface area contributed by atoms with Crippen molar-refractivity contribution in [2.45, 2.75) is 50.0 Å². The standard InChI is InChI=1S/C29H28ClNO5/c30-25-16-24-23(29(33)34)14-15-35-26(24)17-27(25)36-22-12-8-20(9-13-22)28(32)31-21-10-6-19(7-11-21)18-4-2-1-3-5-18/h1-5,8-9,12-13,16-17,19,21,23H,6-7,10-11,14-15H2,(H,31,32)(H,33,34). The van der Waals surface area contributed by atoms with Gasteiger partial charge in [-0.1, -0.05) is 41.9 Å². The number of nitrogens with one attached hydrogen (secondary N) is 1. The van der Waals surface area contributed by atoms with Gasteiger partial charge >= 0.3 is 5.97 Å². The lowest BCUT2D eigenvalue weighted by molar-refractivity contribution is -0.139. The third-order valence-corrected chi connectivity index (χ3v) is 7.37. The van der Waals surface area contributed by atoms with Crippen molar-refractivity contribution in [3.63, 3.8) is 0 Å². The van der Waals surface area contributed by atoms with E-state index in [2.05, 4.69) is 29.6 Å². The highest BCUT2D eigenvalue weighted by atomic mass is 35.5. The second-order valence-electron chi connectivity index (χ2n) is 9.41. The van der Waals surface area contributed by atoms with E-state index in [4.69, 9.17) is 21.1 Å². The molecule has 2 N–H and O–H groups in total. The lowest BCUT2D eigenvalue weighted by Gasteiger charge is -2.29. The summed E-state index contributed by atoms with van der Waals surface area (Å²) in [5.41, 5.74) is 2.50. The highest BCUT2D eigenvalue weighted by Gasteiger charge is 2.29. The number of carbonyl (C=O) groups excluding carboxylic acids is 1. The number of halogens is 1. The van der Waals surface area contributed by atoms with Gasteiger partial charge in [-0.3, -0.25) is 9.59 Å². The van der Waals surface area contributed by atoms with Gasteiger partial charge in [0.25, 0.3) is 5.91 Å². The van der Waals surface area contributed by atoms with Crippen molar-refractivity contribution >= 4 is 23.5 Å². The highest BCUT2D eigenvalue weighted by Crippen LogP contribution is 2.42. The maximum atomic E-state index is 12.8. The first-order valence-electron chi connectivity index (χ1n) is 12.3. The normalized spacial score (nSPS) is 21.1. The molecule has 1 fully saturated rings. The second kappa shape index (κ2) is 10.6. The minimum atomic E-state index is -0.901. The van der Waals surface area contributed by atoms with Crippen molar-refractivity contribution in [1.82, 2.24) is 5.32 Å². The highest BCUT2D eigenvalue weighted by molar-refractivity contribution is 6.32. The zero-order chi connectivity index (χ0) is 25.1. The number of hydrogen-bond donors (Lipinski definition) is 2. The van der Waals surface area contributed by atoms with E-state index in [1.807, 2.05) is 6.07 Å². The molecule has 3 aromatic carbocycles. The molecule has 5 rings (SSSR count). The van der Waals surface area contributed by atoms with Gasteiger partial charge in [0, 0.05) is 23.2 Å². The predicted octanol–water partition coefficient (Wildman–Crippen LogP) is 6.54. The zero-order valence-corrected chi connectivity index (χ0v) is 20.5. The van der Waals surface area contributed by atoms with Gasteiger partial charge in [-0.15, -0.1) is 0 Å². The van der Waals surface area contributed by atoms with Crippen LogP contribution in [0.5, 0.6) is 17.2 Å². The fourth-order valence-electron chi connectivity index (χ4n) is 5.09. The Balaban J connectivity index is 1.19. The number of amides is 1. The minimum absolute atomic E-state index is 0.0929. The Kier molecular flexibility index (Phi) is 7.14.